The summed E-state index contributed by atoms with van der Waals surface area (Å²) in [7, 11) is 1.54. The van der Waals surface area contributed by atoms with Crippen LogP contribution in [0.2, 0.25) is 0 Å². The number of carbonyl (C=O) groups is 2. The molecule has 1 amide bonds. The SMILES string of the molecule is CCC(C)(C)[C@H]1CCc2c(sc3c2C(=O)N[C@H](c2ccc(OC(=O)c4cccc5ccccc45)c(OC)c2)N3)C1. The van der Waals surface area contributed by atoms with Gasteiger partial charge in [-0.3, -0.25) is 4.79 Å². The number of anilines is 1. The zero-order valence-corrected chi connectivity index (χ0v) is 24.1. The Balaban J connectivity index is 1.23. The second-order valence-corrected chi connectivity index (χ2v) is 12.5. The van der Waals surface area contributed by atoms with E-state index >= 15 is 0 Å². The van der Waals surface area contributed by atoms with Crippen LogP contribution in [0.3, 0.4) is 0 Å². The zero-order chi connectivity index (χ0) is 28.0. The summed E-state index contributed by atoms with van der Waals surface area (Å²) in [5.41, 5.74) is 3.60. The molecule has 3 aromatic carbocycles. The number of nitrogens with one attached hydrogen (secondary N) is 2. The molecule has 1 aliphatic carbocycles. The van der Waals surface area contributed by atoms with Crippen molar-refractivity contribution in [2.75, 3.05) is 12.4 Å². The van der Waals surface area contributed by atoms with Crippen LogP contribution in [0.15, 0.2) is 60.7 Å². The van der Waals surface area contributed by atoms with Crippen LogP contribution >= 0.6 is 11.3 Å². The molecule has 4 aromatic rings. The van der Waals surface area contributed by atoms with Crippen LogP contribution in [0.25, 0.3) is 10.8 Å². The lowest BCUT2D eigenvalue weighted by Crippen LogP contribution is -2.38. The number of esters is 1. The first-order valence-corrected chi connectivity index (χ1v) is 14.7. The molecule has 2 heterocycles. The summed E-state index contributed by atoms with van der Waals surface area (Å²) in [4.78, 5) is 27.8. The van der Waals surface area contributed by atoms with E-state index in [1.165, 1.54) is 10.4 Å². The number of benzene rings is 3. The van der Waals surface area contributed by atoms with Gasteiger partial charge in [0, 0.05) is 4.88 Å². The van der Waals surface area contributed by atoms with Crippen molar-refractivity contribution in [1.29, 1.82) is 0 Å². The molecule has 6 rings (SSSR count). The second-order valence-electron chi connectivity index (χ2n) is 11.4. The van der Waals surface area contributed by atoms with Gasteiger partial charge in [-0.25, -0.2) is 4.79 Å². The third kappa shape index (κ3) is 4.62. The molecule has 0 fully saturated rings. The van der Waals surface area contributed by atoms with E-state index in [1.54, 1.807) is 30.6 Å². The van der Waals surface area contributed by atoms with Crippen LogP contribution in [0.4, 0.5) is 5.00 Å². The molecule has 0 radical (unpaired) electrons. The standard InChI is InChI=1S/C33H34N2O4S/c1-5-33(2,3)21-14-15-24-27(18-21)40-31-28(24)30(36)34-29(35-31)20-13-16-25(26(17-20)38-4)39-32(37)23-12-8-10-19-9-6-7-11-22(19)23/h6-13,16-17,21,29,35H,5,14-15,18H2,1-4H3,(H,34,36)/t21-,29-/m0/s1. The van der Waals surface area contributed by atoms with Crippen molar-refractivity contribution in [3.05, 3.63) is 87.8 Å². The second kappa shape index (κ2) is 10.3. The molecule has 0 saturated heterocycles. The van der Waals surface area contributed by atoms with Crippen LogP contribution in [0.5, 0.6) is 11.5 Å². The number of fused-ring (bicyclic) bond motifs is 4. The van der Waals surface area contributed by atoms with Crippen molar-refractivity contribution < 1.29 is 19.1 Å². The highest BCUT2D eigenvalue weighted by molar-refractivity contribution is 7.16. The average Bonchev–Trinajstić information content (AvgIpc) is 3.35. The van der Waals surface area contributed by atoms with E-state index < -0.39 is 12.1 Å². The third-order valence-electron chi connectivity index (χ3n) is 8.79. The summed E-state index contributed by atoms with van der Waals surface area (Å²) < 4.78 is 11.4. The van der Waals surface area contributed by atoms with E-state index in [2.05, 4.69) is 31.4 Å². The predicted molar refractivity (Wildman–Crippen MR) is 160 cm³/mol. The Morgan fingerprint density at radius 1 is 1.05 bits per heavy atom. The van der Waals surface area contributed by atoms with E-state index in [0.29, 0.717) is 23.0 Å². The highest BCUT2D eigenvalue weighted by Gasteiger charge is 2.37. The maximum atomic E-state index is 13.3. The first-order valence-electron chi connectivity index (χ1n) is 13.9. The fourth-order valence-corrected chi connectivity index (χ4v) is 7.28. The van der Waals surface area contributed by atoms with Gasteiger partial charge in [-0.2, -0.15) is 0 Å². The van der Waals surface area contributed by atoms with Gasteiger partial charge in [-0.1, -0.05) is 69.7 Å². The normalized spacial score (nSPS) is 18.4. The maximum absolute atomic E-state index is 13.3. The molecular formula is C33H34N2O4S. The highest BCUT2D eigenvalue weighted by Crippen LogP contribution is 2.47. The molecule has 0 unspecified atom stereocenters. The van der Waals surface area contributed by atoms with E-state index in [4.69, 9.17) is 9.47 Å². The number of thiophene rings is 1. The largest absolute Gasteiger partial charge is 0.493 e. The lowest BCUT2D eigenvalue weighted by molar-refractivity contribution is 0.0731. The van der Waals surface area contributed by atoms with Gasteiger partial charge in [-0.05, 0) is 70.7 Å². The van der Waals surface area contributed by atoms with Crippen LogP contribution in [-0.2, 0) is 12.8 Å². The quantitative estimate of drug-likeness (QED) is 0.190. The summed E-state index contributed by atoms with van der Waals surface area (Å²) in [6, 6.07) is 18.7. The van der Waals surface area contributed by atoms with Gasteiger partial charge in [0.2, 0.25) is 0 Å². The highest BCUT2D eigenvalue weighted by atomic mass is 32.1. The molecule has 6 nitrogen and oxygen atoms in total. The number of ether oxygens (including phenoxy) is 2. The van der Waals surface area contributed by atoms with E-state index in [1.807, 2.05) is 48.5 Å². The summed E-state index contributed by atoms with van der Waals surface area (Å²) in [5.74, 6) is 0.865. The fourth-order valence-electron chi connectivity index (χ4n) is 5.93. The summed E-state index contributed by atoms with van der Waals surface area (Å²) >= 11 is 1.72. The van der Waals surface area contributed by atoms with Crippen molar-refractivity contribution in [2.24, 2.45) is 11.3 Å². The predicted octanol–water partition coefficient (Wildman–Crippen LogP) is 7.52. The van der Waals surface area contributed by atoms with E-state index in [0.717, 1.165) is 52.6 Å². The topological polar surface area (TPSA) is 76.7 Å². The van der Waals surface area contributed by atoms with Crippen LogP contribution < -0.4 is 20.1 Å². The van der Waals surface area contributed by atoms with Gasteiger partial charge in [0.05, 0.1) is 18.2 Å². The summed E-state index contributed by atoms with van der Waals surface area (Å²) in [6.45, 7) is 6.97. The zero-order valence-electron chi connectivity index (χ0n) is 23.3. The smallest absolute Gasteiger partial charge is 0.344 e. The number of hydrogen-bond donors (Lipinski definition) is 2. The number of carbonyl (C=O) groups excluding carboxylic acids is 2. The lowest BCUT2D eigenvalue weighted by atomic mass is 9.69. The van der Waals surface area contributed by atoms with Crippen LogP contribution in [0, 0.1) is 11.3 Å². The number of amides is 1. The Hall–Kier alpha value is -3.84. The lowest BCUT2D eigenvalue weighted by Gasteiger charge is -2.36. The molecule has 1 aliphatic heterocycles. The maximum Gasteiger partial charge on any atom is 0.344 e. The van der Waals surface area contributed by atoms with Crippen LogP contribution in [0.1, 0.15) is 76.5 Å². The van der Waals surface area contributed by atoms with Crippen LogP contribution in [-0.4, -0.2) is 19.0 Å². The molecule has 2 N–H and O–H groups in total. The molecule has 206 valence electrons. The van der Waals surface area contributed by atoms with Crippen molar-refractivity contribution in [3.8, 4) is 11.5 Å². The van der Waals surface area contributed by atoms with Gasteiger partial charge < -0.3 is 20.1 Å². The van der Waals surface area contributed by atoms with Gasteiger partial charge >= 0.3 is 5.97 Å². The third-order valence-corrected chi connectivity index (χ3v) is 9.98. The Kier molecular flexibility index (Phi) is 6.78. The summed E-state index contributed by atoms with van der Waals surface area (Å²) in [5, 5.41) is 9.41. The molecule has 1 aromatic heterocycles. The molecule has 2 aliphatic rings. The first-order chi connectivity index (χ1) is 19.3. The first kappa shape index (κ1) is 26.4. The van der Waals surface area contributed by atoms with Crippen molar-refractivity contribution in [3.63, 3.8) is 0 Å². The number of methoxy groups -OCH3 is 1. The number of rotatable bonds is 6. The fraction of sp³-hybridized carbons (Fsp3) is 0.333. The van der Waals surface area contributed by atoms with Gasteiger partial charge in [-0.15, -0.1) is 11.3 Å². The minimum Gasteiger partial charge on any atom is -0.493 e. The molecule has 0 saturated carbocycles. The van der Waals surface area contributed by atoms with Crippen molar-refractivity contribution in [2.45, 2.75) is 52.6 Å². The Labute approximate surface area is 238 Å². The Morgan fingerprint density at radius 2 is 1.85 bits per heavy atom. The molecule has 0 spiro atoms. The Morgan fingerprint density at radius 3 is 2.65 bits per heavy atom. The molecule has 40 heavy (non-hydrogen) atoms. The molecule has 0 bridgehead atoms. The molecule has 7 heteroatoms. The van der Waals surface area contributed by atoms with Crippen molar-refractivity contribution in [1.82, 2.24) is 5.32 Å². The monoisotopic (exact) mass is 554 g/mol. The minimum absolute atomic E-state index is 0.0464. The minimum atomic E-state index is -0.453. The van der Waals surface area contributed by atoms with E-state index in [-0.39, 0.29) is 11.3 Å². The number of hydrogen-bond acceptors (Lipinski definition) is 6. The molecular weight excluding hydrogens is 520 g/mol. The van der Waals surface area contributed by atoms with Gasteiger partial charge in [0.25, 0.3) is 5.91 Å². The summed E-state index contributed by atoms with van der Waals surface area (Å²) in [6.07, 6.45) is 3.81. The van der Waals surface area contributed by atoms with Gasteiger partial charge in [0.15, 0.2) is 11.5 Å². The Bertz CT molecular complexity index is 1620. The average molecular weight is 555 g/mol. The molecule has 2 atom stereocenters. The van der Waals surface area contributed by atoms with Gasteiger partial charge in [0.1, 0.15) is 11.2 Å². The van der Waals surface area contributed by atoms with Crippen molar-refractivity contribution >= 4 is 39.0 Å². The van der Waals surface area contributed by atoms with E-state index in [9.17, 15) is 9.59 Å².